The molecule has 0 aliphatic heterocycles. The monoisotopic (exact) mass is 315 g/mol. The minimum atomic E-state index is -3.45. The molecule has 0 aliphatic carbocycles. The molecular weight excluding hydrogens is 305 g/mol. The van der Waals surface area contributed by atoms with Gasteiger partial charge < -0.3 is 5.73 Å². The molecular formula is C13H11Cl2NO2S. The number of rotatable bonds is 3. The van der Waals surface area contributed by atoms with E-state index in [4.69, 9.17) is 28.9 Å². The predicted molar refractivity (Wildman–Crippen MR) is 78.2 cm³/mol. The molecule has 0 atom stereocenters. The van der Waals surface area contributed by atoms with Crippen molar-refractivity contribution in [1.82, 2.24) is 0 Å². The molecule has 0 saturated heterocycles. The number of halogens is 2. The predicted octanol–water partition coefficient (Wildman–Crippen LogP) is 3.55. The summed E-state index contributed by atoms with van der Waals surface area (Å²) in [5.74, 6) is -0.174. The second-order valence-electron chi connectivity index (χ2n) is 4.06. The van der Waals surface area contributed by atoms with Crippen LogP contribution in [0.3, 0.4) is 0 Å². The lowest BCUT2D eigenvalue weighted by Gasteiger charge is -2.07. The van der Waals surface area contributed by atoms with Crippen LogP contribution >= 0.6 is 23.2 Å². The van der Waals surface area contributed by atoms with E-state index in [1.54, 1.807) is 24.3 Å². The zero-order valence-electron chi connectivity index (χ0n) is 9.81. The van der Waals surface area contributed by atoms with Gasteiger partial charge in [-0.05, 0) is 42.0 Å². The first-order chi connectivity index (χ1) is 8.88. The quantitative estimate of drug-likeness (QED) is 0.881. The SMILES string of the molecule is Nc1ccc(S(=O)(=O)Cc2ccc(Cl)cc2Cl)cc1. The molecule has 2 aromatic carbocycles. The molecule has 2 rings (SSSR count). The molecule has 0 aromatic heterocycles. The zero-order valence-corrected chi connectivity index (χ0v) is 12.1. The average molecular weight is 316 g/mol. The number of benzene rings is 2. The maximum atomic E-state index is 12.2. The van der Waals surface area contributed by atoms with Gasteiger partial charge in [-0.2, -0.15) is 0 Å². The zero-order chi connectivity index (χ0) is 14.0. The number of nitrogen functional groups attached to an aromatic ring is 1. The van der Waals surface area contributed by atoms with Crippen molar-refractivity contribution < 1.29 is 8.42 Å². The number of nitrogens with two attached hydrogens (primary N) is 1. The number of hydrogen-bond acceptors (Lipinski definition) is 3. The molecule has 0 amide bonds. The Morgan fingerprint density at radius 2 is 1.63 bits per heavy atom. The lowest BCUT2D eigenvalue weighted by molar-refractivity contribution is 0.595. The Hall–Kier alpha value is -1.23. The van der Waals surface area contributed by atoms with Crippen molar-refractivity contribution in [3.05, 3.63) is 58.1 Å². The van der Waals surface area contributed by atoms with Gasteiger partial charge in [-0.25, -0.2) is 8.42 Å². The largest absolute Gasteiger partial charge is 0.399 e. The molecule has 3 nitrogen and oxygen atoms in total. The molecule has 0 radical (unpaired) electrons. The molecule has 0 spiro atoms. The van der Waals surface area contributed by atoms with Crippen molar-refractivity contribution in [3.63, 3.8) is 0 Å². The first kappa shape index (κ1) is 14.2. The minimum absolute atomic E-state index is 0.174. The Morgan fingerprint density at radius 3 is 2.21 bits per heavy atom. The van der Waals surface area contributed by atoms with Crippen LogP contribution in [-0.2, 0) is 15.6 Å². The summed E-state index contributed by atoms with van der Waals surface area (Å²) < 4.78 is 24.4. The highest BCUT2D eigenvalue weighted by atomic mass is 35.5. The van der Waals surface area contributed by atoms with E-state index in [1.807, 2.05) is 0 Å². The summed E-state index contributed by atoms with van der Waals surface area (Å²) in [7, 11) is -3.45. The first-order valence-electron chi connectivity index (χ1n) is 5.41. The third-order valence-corrected chi connectivity index (χ3v) is 4.87. The van der Waals surface area contributed by atoms with Crippen LogP contribution in [0.1, 0.15) is 5.56 Å². The number of anilines is 1. The Bertz CT molecular complexity index is 697. The molecule has 19 heavy (non-hydrogen) atoms. The van der Waals surface area contributed by atoms with Crippen molar-refractivity contribution in [2.24, 2.45) is 0 Å². The summed E-state index contributed by atoms with van der Waals surface area (Å²) in [5, 5.41) is 0.810. The van der Waals surface area contributed by atoms with E-state index < -0.39 is 9.84 Å². The molecule has 0 fully saturated rings. The van der Waals surface area contributed by atoms with Crippen molar-refractivity contribution in [2.75, 3.05) is 5.73 Å². The summed E-state index contributed by atoms with van der Waals surface area (Å²) in [6, 6.07) is 10.8. The molecule has 100 valence electrons. The van der Waals surface area contributed by atoms with E-state index in [1.165, 1.54) is 18.2 Å². The normalized spacial score (nSPS) is 11.5. The van der Waals surface area contributed by atoms with Gasteiger partial charge in [0.15, 0.2) is 9.84 Å². The summed E-state index contributed by atoms with van der Waals surface area (Å²) in [5.41, 5.74) is 6.57. The second-order valence-corrected chi connectivity index (χ2v) is 6.90. The lowest BCUT2D eigenvalue weighted by atomic mass is 10.2. The minimum Gasteiger partial charge on any atom is -0.399 e. The van der Waals surface area contributed by atoms with Gasteiger partial charge in [0.1, 0.15) is 0 Å². The standard InChI is InChI=1S/C13H11Cl2NO2S/c14-10-2-1-9(13(15)7-10)8-19(17,18)12-5-3-11(16)4-6-12/h1-7H,8,16H2. The van der Waals surface area contributed by atoms with Crippen LogP contribution in [0.15, 0.2) is 47.4 Å². The maximum absolute atomic E-state index is 12.2. The molecule has 0 saturated carbocycles. The van der Waals surface area contributed by atoms with Gasteiger partial charge in [0, 0.05) is 15.7 Å². The Kier molecular flexibility index (Phi) is 4.04. The topological polar surface area (TPSA) is 60.2 Å². The highest BCUT2D eigenvalue weighted by Gasteiger charge is 2.17. The fourth-order valence-electron chi connectivity index (χ4n) is 1.60. The van der Waals surface area contributed by atoms with E-state index in [0.717, 1.165) is 0 Å². The van der Waals surface area contributed by atoms with E-state index in [2.05, 4.69) is 0 Å². The average Bonchev–Trinajstić information content (AvgIpc) is 2.33. The number of sulfone groups is 1. The second kappa shape index (κ2) is 5.41. The first-order valence-corrected chi connectivity index (χ1v) is 7.81. The summed E-state index contributed by atoms with van der Waals surface area (Å²) in [6.45, 7) is 0. The van der Waals surface area contributed by atoms with Crippen molar-refractivity contribution in [3.8, 4) is 0 Å². The van der Waals surface area contributed by atoms with Gasteiger partial charge in [-0.1, -0.05) is 29.3 Å². The van der Waals surface area contributed by atoms with Gasteiger partial charge in [0.05, 0.1) is 10.6 Å². The van der Waals surface area contributed by atoms with Crippen LogP contribution in [0, 0.1) is 0 Å². The molecule has 0 bridgehead atoms. The van der Waals surface area contributed by atoms with Crippen LogP contribution in [-0.4, -0.2) is 8.42 Å². The van der Waals surface area contributed by atoms with Crippen LogP contribution in [0.25, 0.3) is 0 Å². The van der Waals surface area contributed by atoms with E-state index >= 15 is 0 Å². The molecule has 2 N–H and O–H groups in total. The van der Waals surface area contributed by atoms with Gasteiger partial charge in [-0.15, -0.1) is 0 Å². The van der Waals surface area contributed by atoms with Crippen LogP contribution < -0.4 is 5.73 Å². The van der Waals surface area contributed by atoms with Crippen LogP contribution in [0.2, 0.25) is 10.0 Å². The highest BCUT2D eigenvalue weighted by Crippen LogP contribution is 2.25. The Labute approximate surface area is 121 Å². The Balaban J connectivity index is 2.33. The van der Waals surface area contributed by atoms with Crippen molar-refractivity contribution >= 4 is 38.7 Å². The summed E-state index contributed by atoms with van der Waals surface area (Å²) in [6.07, 6.45) is 0. The van der Waals surface area contributed by atoms with Crippen LogP contribution in [0.4, 0.5) is 5.69 Å². The molecule has 6 heteroatoms. The van der Waals surface area contributed by atoms with Crippen molar-refractivity contribution in [2.45, 2.75) is 10.6 Å². The maximum Gasteiger partial charge on any atom is 0.182 e. The smallest absolute Gasteiger partial charge is 0.182 e. The third-order valence-electron chi connectivity index (χ3n) is 2.60. The number of hydrogen-bond donors (Lipinski definition) is 1. The third kappa shape index (κ3) is 3.41. The molecule has 0 unspecified atom stereocenters. The fraction of sp³-hybridized carbons (Fsp3) is 0.0769. The van der Waals surface area contributed by atoms with E-state index in [-0.39, 0.29) is 10.6 Å². The van der Waals surface area contributed by atoms with Gasteiger partial charge in [-0.3, -0.25) is 0 Å². The summed E-state index contributed by atoms with van der Waals surface area (Å²) in [4.78, 5) is 0.215. The van der Waals surface area contributed by atoms with Gasteiger partial charge in [0.25, 0.3) is 0 Å². The van der Waals surface area contributed by atoms with E-state index in [9.17, 15) is 8.42 Å². The molecule has 2 aromatic rings. The Morgan fingerprint density at radius 1 is 1.00 bits per heavy atom. The summed E-state index contributed by atoms with van der Waals surface area (Å²) >= 11 is 11.8. The molecule has 0 heterocycles. The molecule has 0 aliphatic rings. The van der Waals surface area contributed by atoms with E-state index in [0.29, 0.717) is 21.3 Å². The van der Waals surface area contributed by atoms with Gasteiger partial charge >= 0.3 is 0 Å². The van der Waals surface area contributed by atoms with Gasteiger partial charge in [0.2, 0.25) is 0 Å². The lowest BCUT2D eigenvalue weighted by Crippen LogP contribution is -2.05. The van der Waals surface area contributed by atoms with Crippen molar-refractivity contribution in [1.29, 1.82) is 0 Å². The van der Waals surface area contributed by atoms with Crippen LogP contribution in [0.5, 0.6) is 0 Å². The highest BCUT2D eigenvalue weighted by molar-refractivity contribution is 7.90. The fourth-order valence-corrected chi connectivity index (χ4v) is 3.54.